The predicted molar refractivity (Wildman–Crippen MR) is 74.9 cm³/mol. The smallest absolute Gasteiger partial charge is 0.271 e. The third kappa shape index (κ3) is 3.27. The Morgan fingerprint density at radius 1 is 1.10 bits per heavy atom. The van der Waals surface area contributed by atoms with Gasteiger partial charge in [0.1, 0.15) is 0 Å². The number of benzene rings is 1. The minimum atomic E-state index is -4.44. The molecule has 8 heteroatoms. The first kappa shape index (κ1) is 15.6. The molecule has 0 aliphatic heterocycles. The van der Waals surface area contributed by atoms with Crippen molar-refractivity contribution in [3.63, 3.8) is 0 Å². The number of hydrogen-bond acceptors (Lipinski definition) is 3. The van der Waals surface area contributed by atoms with Crippen LogP contribution in [0.4, 0.5) is 13.2 Å². The second-order valence-electron chi connectivity index (χ2n) is 4.04. The Balaban J connectivity index is 2.50. The summed E-state index contributed by atoms with van der Waals surface area (Å²) in [5, 5.41) is 3.11. The lowest BCUT2D eigenvalue weighted by molar-refractivity contribution is -0.138. The van der Waals surface area contributed by atoms with Crippen molar-refractivity contribution in [2.75, 3.05) is 0 Å². The van der Waals surface area contributed by atoms with Gasteiger partial charge in [-0.05, 0) is 34.7 Å². The topological polar surface area (TPSA) is 38.0 Å². The Kier molecular flexibility index (Phi) is 4.61. The molecule has 0 radical (unpaired) electrons. The fourth-order valence-electron chi connectivity index (χ4n) is 1.87. The van der Waals surface area contributed by atoms with Gasteiger partial charge in [-0.25, -0.2) is 5.43 Å². The summed E-state index contributed by atoms with van der Waals surface area (Å²) in [5.74, 6) is 5.41. The van der Waals surface area contributed by atoms with Crippen LogP contribution in [-0.2, 0) is 6.18 Å². The van der Waals surface area contributed by atoms with E-state index in [0.717, 1.165) is 16.7 Å². The standard InChI is InChI=1S/C12H9Cl2F3N2S/c13-7-1-6(2-8(14)3-7)11(19-18)9-4-20-5-10(9)12(15,16)17/h1-5,11,19H,18H2. The van der Waals surface area contributed by atoms with E-state index < -0.39 is 17.8 Å². The molecule has 0 saturated heterocycles. The zero-order valence-corrected chi connectivity index (χ0v) is 12.2. The lowest BCUT2D eigenvalue weighted by atomic mass is 9.98. The first-order chi connectivity index (χ1) is 9.32. The molecule has 0 fully saturated rings. The van der Waals surface area contributed by atoms with Crippen LogP contribution in [-0.4, -0.2) is 0 Å². The minimum Gasteiger partial charge on any atom is -0.271 e. The maximum Gasteiger partial charge on any atom is 0.417 e. The minimum absolute atomic E-state index is 0.0448. The molecule has 1 aromatic carbocycles. The summed E-state index contributed by atoms with van der Waals surface area (Å²) in [5.41, 5.74) is 2.17. The van der Waals surface area contributed by atoms with Gasteiger partial charge in [0.05, 0.1) is 11.6 Å². The Morgan fingerprint density at radius 3 is 2.20 bits per heavy atom. The second kappa shape index (κ2) is 5.91. The highest BCUT2D eigenvalue weighted by Gasteiger charge is 2.36. The van der Waals surface area contributed by atoms with Gasteiger partial charge in [-0.1, -0.05) is 23.2 Å². The molecule has 2 rings (SSSR count). The molecule has 2 aromatic rings. The van der Waals surface area contributed by atoms with Gasteiger partial charge in [-0.2, -0.15) is 24.5 Å². The molecule has 1 heterocycles. The monoisotopic (exact) mass is 340 g/mol. The van der Waals surface area contributed by atoms with Gasteiger partial charge in [-0.15, -0.1) is 0 Å². The average molecular weight is 341 g/mol. The highest BCUT2D eigenvalue weighted by atomic mass is 35.5. The number of alkyl halides is 3. The molecular weight excluding hydrogens is 332 g/mol. The van der Waals surface area contributed by atoms with Crippen LogP contribution in [0, 0.1) is 0 Å². The highest BCUT2D eigenvalue weighted by Crippen LogP contribution is 2.39. The van der Waals surface area contributed by atoms with E-state index in [1.807, 2.05) is 0 Å². The number of halogens is 5. The van der Waals surface area contributed by atoms with E-state index in [2.05, 4.69) is 5.43 Å². The summed E-state index contributed by atoms with van der Waals surface area (Å²) in [6.07, 6.45) is -4.44. The third-order valence-corrected chi connectivity index (χ3v) is 3.89. The van der Waals surface area contributed by atoms with Crippen LogP contribution in [0.3, 0.4) is 0 Å². The van der Waals surface area contributed by atoms with E-state index in [1.165, 1.54) is 23.6 Å². The first-order valence-corrected chi connectivity index (χ1v) is 7.08. The van der Waals surface area contributed by atoms with Gasteiger partial charge in [0.15, 0.2) is 0 Å². The van der Waals surface area contributed by atoms with Crippen molar-refractivity contribution >= 4 is 34.5 Å². The number of rotatable bonds is 3. The lowest BCUT2D eigenvalue weighted by Gasteiger charge is -2.19. The fourth-order valence-corrected chi connectivity index (χ4v) is 3.29. The summed E-state index contributed by atoms with van der Waals surface area (Å²) in [6.45, 7) is 0. The van der Waals surface area contributed by atoms with Gasteiger partial charge in [0, 0.05) is 15.4 Å². The van der Waals surface area contributed by atoms with Crippen LogP contribution in [0.25, 0.3) is 0 Å². The summed E-state index contributed by atoms with van der Waals surface area (Å²) >= 11 is 12.7. The molecule has 1 unspecified atom stereocenters. The highest BCUT2D eigenvalue weighted by molar-refractivity contribution is 7.08. The summed E-state index contributed by atoms with van der Waals surface area (Å²) < 4.78 is 38.8. The number of hydrazine groups is 1. The fraction of sp³-hybridized carbons (Fsp3) is 0.167. The van der Waals surface area contributed by atoms with Gasteiger partial charge in [0.2, 0.25) is 0 Å². The Labute approximate surface area is 127 Å². The van der Waals surface area contributed by atoms with Crippen molar-refractivity contribution in [1.29, 1.82) is 0 Å². The summed E-state index contributed by atoms with van der Waals surface area (Å²) in [7, 11) is 0. The Morgan fingerprint density at radius 2 is 1.70 bits per heavy atom. The SMILES string of the molecule is NNC(c1cc(Cl)cc(Cl)c1)c1cscc1C(F)(F)F. The predicted octanol–water partition coefficient (Wildman–Crippen LogP) is 4.63. The molecule has 0 saturated carbocycles. The van der Waals surface area contributed by atoms with Crippen molar-refractivity contribution in [2.45, 2.75) is 12.2 Å². The Bertz CT molecular complexity index is 593. The van der Waals surface area contributed by atoms with E-state index in [0.29, 0.717) is 15.6 Å². The van der Waals surface area contributed by atoms with Crippen LogP contribution in [0.5, 0.6) is 0 Å². The van der Waals surface area contributed by atoms with E-state index >= 15 is 0 Å². The number of hydrogen-bond donors (Lipinski definition) is 2. The van der Waals surface area contributed by atoms with Gasteiger partial charge < -0.3 is 0 Å². The molecule has 0 amide bonds. The molecule has 0 bridgehead atoms. The van der Waals surface area contributed by atoms with Crippen LogP contribution >= 0.6 is 34.5 Å². The lowest BCUT2D eigenvalue weighted by Crippen LogP contribution is -2.30. The number of nitrogens with one attached hydrogen (secondary N) is 1. The summed E-state index contributed by atoms with van der Waals surface area (Å²) in [4.78, 5) is 0. The quantitative estimate of drug-likeness (QED) is 0.631. The largest absolute Gasteiger partial charge is 0.417 e. The Hall–Kier alpha value is -0.790. The van der Waals surface area contributed by atoms with Crippen LogP contribution in [0.2, 0.25) is 10.0 Å². The van der Waals surface area contributed by atoms with Crippen molar-refractivity contribution < 1.29 is 13.2 Å². The molecule has 2 nitrogen and oxygen atoms in total. The zero-order valence-electron chi connectivity index (χ0n) is 9.84. The van der Waals surface area contributed by atoms with E-state index in [4.69, 9.17) is 29.0 Å². The normalized spacial score (nSPS) is 13.5. The molecule has 0 aliphatic rings. The first-order valence-electron chi connectivity index (χ1n) is 5.38. The summed E-state index contributed by atoms with van der Waals surface area (Å²) in [6, 6.07) is 3.71. The third-order valence-electron chi connectivity index (χ3n) is 2.69. The van der Waals surface area contributed by atoms with Crippen molar-refractivity contribution in [3.05, 3.63) is 55.7 Å². The molecule has 0 spiro atoms. The number of nitrogens with two attached hydrogens (primary N) is 1. The molecule has 3 N–H and O–H groups in total. The van der Waals surface area contributed by atoms with E-state index in [9.17, 15) is 13.2 Å². The van der Waals surface area contributed by atoms with Crippen LogP contribution < -0.4 is 11.3 Å². The van der Waals surface area contributed by atoms with Crippen LogP contribution in [0.1, 0.15) is 22.7 Å². The maximum atomic E-state index is 12.9. The van der Waals surface area contributed by atoms with E-state index in [-0.39, 0.29) is 5.56 Å². The molecule has 0 aliphatic carbocycles. The molecule has 1 atom stereocenters. The van der Waals surface area contributed by atoms with Gasteiger partial charge in [-0.3, -0.25) is 5.84 Å². The van der Waals surface area contributed by atoms with E-state index in [1.54, 1.807) is 0 Å². The average Bonchev–Trinajstić information content (AvgIpc) is 2.77. The van der Waals surface area contributed by atoms with Crippen molar-refractivity contribution in [1.82, 2.24) is 5.43 Å². The van der Waals surface area contributed by atoms with Crippen LogP contribution in [0.15, 0.2) is 29.0 Å². The van der Waals surface area contributed by atoms with Crippen molar-refractivity contribution in [2.24, 2.45) is 5.84 Å². The maximum absolute atomic E-state index is 12.9. The van der Waals surface area contributed by atoms with Gasteiger partial charge >= 0.3 is 6.18 Å². The van der Waals surface area contributed by atoms with Gasteiger partial charge in [0.25, 0.3) is 0 Å². The molecule has 20 heavy (non-hydrogen) atoms. The second-order valence-corrected chi connectivity index (χ2v) is 5.66. The molecule has 1 aromatic heterocycles. The molecule has 108 valence electrons. The van der Waals surface area contributed by atoms with Crippen molar-refractivity contribution in [3.8, 4) is 0 Å². The zero-order chi connectivity index (χ0) is 14.9. The number of thiophene rings is 1. The molecular formula is C12H9Cl2F3N2S.